The van der Waals surface area contributed by atoms with Crippen molar-refractivity contribution in [2.24, 2.45) is 0 Å². The van der Waals surface area contributed by atoms with Gasteiger partial charge >= 0.3 is 0 Å². The molecule has 1 saturated heterocycles. The number of aryl methyl sites for hydroxylation is 1. The molecule has 3 heterocycles. The highest BCUT2D eigenvalue weighted by molar-refractivity contribution is 7.22. The second kappa shape index (κ2) is 9.56. The molecule has 9 heteroatoms. The molecule has 1 fully saturated rings. The molecule has 4 rings (SSSR count). The van der Waals surface area contributed by atoms with E-state index < -0.39 is 0 Å². The number of fused-ring (bicyclic) bond motifs is 1. The molecule has 0 radical (unpaired) electrons. The Labute approximate surface area is 174 Å². The zero-order chi connectivity index (χ0) is 18.6. The average molecular weight is 426 g/mol. The van der Waals surface area contributed by atoms with E-state index in [4.69, 9.17) is 19.2 Å². The number of benzene rings is 1. The van der Waals surface area contributed by atoms with Gasteiger partial charge in [0.1, 0.15) is 19.5 Å². The lowest BCUT2D eigenvalue weighted by molar-refractivity contribution is -0.119. The number of para-hydroxylation sites is 1. The molecular weight excluding hydrogens is 402 g/mol. The number of hydrogen-bond acceptors (Lipinski definition) is 7. The van der Waals surface area contributed by atoms with Gasteiger partial charge in [0.2, 0.25) is 5.76 Å². The van der Waals surface area contributed by atoms with Crippen LogP contribution >= 0.6 is 23.7 Å². The number of nitrogens with zero attached hydrogens (tertiary/aromatic N) is 3. The fourth-order valence-electron chi connectivity index (χ4n) is 3.15. The molecule has 28 heavy (non-hydrogen) atoms. The van der Waals surface area contributed by atoms with Gasteiger partial charge in [-0.1, -0.05) is 23.5 Å². The lowest BCUT2D eigenvalue weighted by Crippen LogP contribution is -2.44. The normalized spacial score (nSPS) is 17.2. The third kappa shape index (κ3) is 4.57. The topological polar surface area (TPSA) is 64.1 Å². The van der Waals surface area contributed by atoms with Crippen molar-refractivity contribution in [1.29, 1.82) is 0 Å². The van der Waals surface area contributed by atoms with Gasteiger partial charge in [0, 0.05) is 26.2 Å². The smallest absolute Gasteiger partial charge is 0.298 e. The van der Waals surface area contributed by atoms with Crippen molar-refractivity contribution in [2.75, 3.05) is 57.5 Å². The molecule has 2 aliphatic heterocycles. The Kier molecular flexibility index (Phi) is 7.12. The zero-order valence-electron chi connectivity index (χ0n) is 15.8. The van der Waals surface area contributed by atoms with E-state index in [9.17, 15) is 4.79 Å². The Hall–Kier alpha value is -1.87. The van der Waals surface area contributed by atoms with Crippen molar-refractivity contribution in [3.05, 3.63) is 35.8 Å². The average Bonchev–Trinajstić information content (AvgIpc) is 3.15. The Balaban J connectivity index is 0.00000225. The maximum absolute atomic E-state index is 13.1. The minimum Gasteiger partial charge on any atom is -0.494 e. The van der Waals surface area contributed by atoms with Crippen molar-refractivity contribution in [1.82, 2.24) is 9.88 Å². The number of ether oxygens (including phenoxy) is 3. The van der Waals surface area contributed by atoms with Gasteiger partial charge in [0.15, 0.2) is 5.13 Å². The fraction of sp³-hybridized carbons (Fsp3) is 0.474. The summed E-state index contributed by atoms with van der Waals surface area (Å²) in [5.74, 6) is 0.0267. The van der Waals surface area contributed by atoms with Crippen molar-refractivity contribution < 1.29 is 19.0 Å². The summed E-state index contributed by atoms with van der Waals surface area (Å²) in [7, 11) is 0. The number of thiazole rings is 1. The lowest BCUT2D eigenvalue weighted by Gasteiger charge is -2.29. The Morgan fingerprint density at radius 3 is 2.79 bits per heavy atom. The molecular formula is C19H24ClN3O4S. The van der Waals surface area contributed by atoms with Crippen LogP contribution in [0.1, 0.15) is 5.56 Å². The monoisotopic (exact) mass is 425 g/mol. The minimum absolute atomic E-state index is 0. The van der Waals surface area contributed by atoms with E-state index >= 15 is 0 Å². The molecule has 1 amide bonds. The molecule has 2 aliphatic rings. The first-order chi connectivity index (χ1) is 13.2. The highest BCUT2D eigenvalue weighted by Crippen LogP contribution is 2.31. The molecule has 7 nitrogen and oxygen atoms in total. The number of hydrogen-bond donors (Lipinski definition) is 0. The van der Waals surface area contributed by atoms with Crippen LogP contribution < -0.4 is 4.90 Å². The summed E-state index contributed by atoms with van der Waals surface area (Å²) in [6, 6.07) is 6.08. The van der Waals surface area contributed by atoms with E-state index in [0.717, 1.165) is 48.6 Å². The quantitative estimate of drug-likeness (QED) is 0.733. The molecule has 0 aliphatic carbocycles. The predicted molar refractivity (Wildman–Crippen MR) is 111 cm³/mol. The van der Waals surface area contributed by atoms with Gasteiger partial charge in [-0.2, -0.15) is 0 Å². The van der Waals surface area contributed by atoms with Crippen LogP contribution in [0, 0.1) is 6.92 Å². The van der Waals surface area contributed by atoms with E-state index in [0.29, 0.717) is 24.9 Å². The summed E-state index contributed by atoms with van der Waals surface area (Å²) in [6.45, 7) is 7.40. The molecule has 0 unspecified atom stereocenters. The maximum Gasteiger partial charge on any atom is 0.298 e. The van der Waals surface area contributed by atoms with Gasteiger partial charge < -0.3 is 14.2 Å². The second-order valence-corrected chi connectivity index (χ2v) is 7.54. The summed E-state index contributed by atoms with van der Waals surface area (Å²) in [5.41, 5.74) is 2.04. The molecule has 0 saturated carbocycles. The molecule has 2 aromatic rings. The van der Waals surface area contributed by atoms with E-state index in [1.165, 1.54) is 17.6 Å². The molecule has 1 aromatic heterocycles. The van der Waals surface area contributed by atoms with E-state index in [1.54, 1.807) is 4.90 Å². The molecule has 152 valence electrons. The van der Waals surface area contributed by atoms with Gasteiger partial charge in [-0.25, -0.2) is 4.98 Å². The number of aromatic nitrogens is 1. The Morgan fingerprint density at radius 1 is 1.25 bits per heavy atom. The summed E-state index contributed by atoms with van der Waals surface area (Å²) in [4.78, 5) is 21.9. The number of carbonyl (C=O) groups is 1. The standard InChI is InChI=1S/C19H23N3O4S.ClH/c1-14-3-2-4-16-17(14)20-19(27-16)22(6-5-21-7-9-24-10-8-21)18(23)15-13-25-11-12-26-15;/h2-4,13H,5-12H2,1H3;1H. The van der Waals surface area contributed by atoms with Crippen molar-refractivity contribution in [2.45, 2.75) is 6.92 Å². The van der Waals surface area contributed by atoms with Crippen LogP contribution in [0.25, 0.3) is 10.2 Å². The van der Waals surface area contributed by atoms with Crippen molar-refractivity contribution in [3.63, 3.8) is 0 Å². The summed E-state index contributed by atoms with van der Waals surface area (Å²) in [6.07, 6.45) is 1.41. The highest BCUT2D eigenvalue weighted by Gasteiger charge is 2.27. The number of rotatable bonds is 5. The van der Waals surface area contributed by atoms with Crippen LogP contribution in [0.15, 0.2) is 30.2 Å². The van der Waals surface area contributed by atoms with Crippen LogP contribution in [-0.4, -0.2) is 68.4 Å². The van der Waals surface area contributed by atoms with Gasteiger partial charge in [-0.15, -0.1) is 12.4 Å². The zero-order valence-corrected chi connectivity index (χ0v) is 17.4. The summed E-state index contributed by atoms with van der Waals surface area (Å²) in [5, 5.41) is 0.688. The summed E-state index contributed by atoms with van der Waals surface area (Å²) >= 11 is 1.53. The minimum atomic E-state index is -0.209. The van der Waals surface area contributed by atoms with Crippen LogP contribution in [0.5, 0.6) is 0 Å². The van der Waals surface area contributed by atoms with Gasteiger partial charge in [-0.3, -0.25) is 14.6 Å². The number of amides is 1. The van der Waals surface area contributed by atoms with E-state index in [-0.39, 0.29) is 24.1 Å². The molecule has 0 bridgehead atoms. The van der Waals surface area contributed by atoms with Gasteiger partial charge in [0.25, 0.3) is 5.91 Å². The third-order valence-electron chi connectivity index (χ3n) is 4.69. The molecule has 0 N–H and O–H groups in total. The number of halogens is 1. The molecule has 0 atom stereocenters. The van der Waals surface area contributed by atoms with Gasteiger partial charge in [0.05, 0.1) is 23.4 Å². The Morgan fingerprint density at radius 2 is 2.07 bits per heavy atom. The number of anilines is 1. The van der Waals surface area contributed by atoms with E-state index in [1.807, 2.05) is 25.1 Å². The van der Waals surface area contributed by atoms with Gasteiger partial charge in [-0.05, 0) is 18.6 Å². The first-order valence-electron chi connectivity index (χ1n) is 9.15. The highest BCUT2D eigenvalue weighted by atomic mass is 35.5. The lowest BCUT2D eigenvalue weighted by atomic mass is 10.2. The molecule has 0 spiro atoms. The van der Waals surface area contributed by atoms with Crippen LogP contribution in [-0.2, 0) is 19.0 Å². The van der Waals surface area contributed by atoms with Crippen molar-refractivity contribution in [3.8, 4) is 0 Å². The fourth-order valence-corrected chi connectivity index (χ4v) is 4.22. The predicted octanol–water partition coefficient (Wildman–Crippen LogP) is 2.58. The van der Waals surface area contributed by atoms with E-state index in [2.05, 4.69) is 4.90 Å². The first-order valence-corrected chi connectivity index (χ1v) is 9.97. The Bertz CT molecular complexity index is 851. The second-order valence-electron chi connectivity index (χ2n) is 6.53. The first kappa shape index (κ1) is 20.9. The third-order valence-corrected chi connectivity index (χ3v) is 5.73. The summed E-state index contributed by atoms with van der Waals surface area (Å²) < 4.78 is 17.3. The largest absolute Gasteiger partial charge is 0.494 e. The molecule has 1 aromatic carbocycles. The van der Waals surface area contributed by atoms with Crippen LogP contribution in [0.4, 0.5) is 5.13 Å². The van der Waals surface area contributed by atoms with Crippen LogP contribution in [0.3, 0.4) is 0 Å². The van der Waals surface area contributed by atoms with Crippen molar-refractivity contribution >= 4 is 45.0 Å². The maximum atomic E-state index is 13.1. The number of morpholine rings is 1. The van der Waals surface area contributed by atoms with Crippen LogP contribution in [0.2, 0.25) is 0 Å². The number of carbonyl (C=O) groups excluding carboxylic acids is 1. The SMILES string of the molecule is Cc1cccc2sc(N(CCN3CCOCC3)C(=O)C3=COCCO3)nc12.Cl.